The number of carbonyl (C=O) groups excluding carboxylic acids is 2. The van der Waals surface area contributed by atoms with E-state index in [9.17, 15) is 22.8 Å². The first-order chi connectivity index (χ1) is 16.7. The highest BCUT2D eigenvalue weighted by atomic mass is 32.2. The van der Waals surface area contributed by atoms with E-state index in [1.807, 2.05) is 30.3 Å². The van der Waals surface area contributed by atoms with E-state index in [0.29, 0.717) is 6.42 Å². The van der Waals surface area contributed by atoms with Crippen molar-refractivity contribution in [2.75, 3.05) is 19.0 Å². The van der Waals surface area contributed by atoms with Gasteiger partial charge < -0.3 is 25.3 Å². The number of aromatic nitrogens is 1. The number of anilines is 1. The van der Waals surface area contributed by atoms with Crippen LogP contribution in [0.4, 0.5) is 10.5 Å². The maximum atomic E-state index is 13.0. The molecule has 0 fully saturated rings. The summed E-state index contributed by atoms with van der Waals surface area (Å²) in [7, 11) is -2.91. The zero-order valence-corrected chi connectivity index (χ0v) is 19.5. The number of carbonyl (C=O) groups is 3. The van der Waals surface area contributed by atoms with Crippen LogP contribution < -0.4 is 20.1 Å². The Labute approximate surface area is 201 Å². The predicted molar refractivity (Wildman–Crippen MR) is 128 cm³/mol. The molecule has 11 nitrogen and oxygen atoms in total. The van der Waals surface area contributed by atoms with Crippen molar-refractivity contribution < 1.29 is 32.6 Å². The smallest absolute Gasteiger partial charge is 0.318 e. The Morgan fingerprint density at radius 2 is 1.97 bits per heavy atom. The van der Waals surface area contributed by atoms with Crippen molar-refractivity contribution in [3.63, 3.8) is 0 Å². The van der Waals surface area contributed by atoms with Crippen LogP contribution in [0.15, 0.2) is 59.6 Å². The molecule has 0 bridgehead atoms. The third-order valence-corrected chi connectivity index (χ3v) is 6.48. The van der Waals surface area contributed by atoms with Gasteiger partial charge in [0.05, 0.1) is 24.6 Å². The van der Waals surface area contributed by atoms with E-state index < -0.39 is 34.5 Å². The summed E-state index contributed by atoms with van der Waals surface area (Å²) in [5, 5.41) is 14.8. The van der Waals surface area contributed by atoms with Crippen molar-refractivity contribution in [1.82, 2.24) is 15.0 Å². The Morgan fingerprint density at radius 3 is 2.69 bits per heavy atom. The highest BCUT2D eigenvalue weighted by Crippen LogP contribution is 2.28. The minimum absolute atomic E-state index is 0.0789. The lowest BCUT2D eigenvalue weighted by molar-refractivity contribution is -0.138. The zero-order valence-electron chi connectivity index (χ0n) is 18.7. The largest absolute Gasteiger partial charge is 0.492 e. The number of aldehydes is 1. The lowest BCUT2D eigenvalue weighted by atomic mass is 10.1. The SMILES string of the molecule is CNC(=O)Nc1ccc(S(=O)(=O)NC(C=O)CC(=O)O)c(OCCc2cccc3ncccc23)c1. The molecule has 1 atom stereocenters. The molecule has 12 heteroatoms. The maximum Gasteiger partial charge on any atom is 0.318 e. The molecule has 0 radical (unpaired) electrons. The highest BCUT2D eigenvalue weighted by Gasteiger charge is 2.25. The number of aliphatic carboxylic acids is 1. The molecular formula is C23H24N4O7S. The predicted octanol–water partition coefficient (Wildman–Crippen LogP) is 1.93. The number of sulfonamides is 1. The van der Waals surface area contributed by atoms with E-state index in [0.717, 1.165) is 16.5 Å². The minimum atomic E-state index is -4.34. The molecule has 0 saturated carbocycles. The number of rotatable bonds is 11. The first-order valence-corrected chi connectivity index (χ1v) is 12.0. The highest BCUT2D eigenvalue weighted by molar-refractivity contribution is 7.89. The molecular weight excluding hydrogens is 476 g/mol. The fraction of sp³-hybridized carbons (Fsp3) is 0.217. The molecule has 1 heterocycles. The van der Waals surface area contributed by atoms with Crippen molar-refractivity contribution in [1.29, 1.82) is 0 Å². The minimum Gasteiger partial charge on any atom is -0.492 e. The third kappa shape index (κ3) is 6.74. The van der Waals surface area contributed by atoms with Crippen molar-refractivity contribution in [3.8, 4) is 5.75 Å². The average Bonchev–Trinajstić information content (AvgIpc) is 2.83. The summed E-state index contributed by atoms with van der Waals surface area (Å²) in [6, 6.07) is 11.3. The van der Waals surface area contributed by atoms with Gasteiger partial charge in [-0.2, -0.15) is 0 Å². The van der Waals surface area contributed by atoms with Crippen LogP contribution in [0.25, 0.3) is 10.9 Å². The second-order valence-corrected chi connectivity index (χ2v) is 9.10. The molecule has 35 heavy (non-hydrogen) atoms. The molecule has 0 spiro atoms. The van der Waals surface area contributed by atoms with Crippen molar-refractivity contribution >= 4 is 44.9 Å². The van der Waals surface area contributed by atoms with Gasteiger partial charge in [-0.1, -0.05) is 18.2 Å². The second kappa shape index (κ2) is 11.4. The van der Waals surface area contributed by atoms with Gasteiger partial charge in [-0.25, -0.2) is 17.9 Å². The van der Waals surface area contributed by atoms with Gasteiger partial charge >= 0.3 is 12.0 Å². The fourth-order valence-corrected chi connectivity index (χ4v) is 4.63. The summed E-state index contributed by atoms with van der Waals surface area (Å²) in [5.74, 6) is -1.42. The molecule has 0 aliphatic carbocycles. The molecule has 4 N–H and O–H groups in total. The van der Waals surface area contributed by atoms with E-state index in [1.165, 1.54) is 25.2 Å². The molecule has 0 saturated heterocycles. The Bertz CT molecular complexity index is 1340. The van der Waals surface area contributed by atoms with E-state index in [2.05, 4.69) is 20.3 Å². The Hall–Kier alpha value is -4.03. The summed E-state index contributed by atoms with van der Waals surface area (Å²) in [6.07, 6.45) is 1.61. The van der Waals surface area contributed by atoms with Gasteiger partial charge in [-0.3, -0.25) is 9.78 Å². The van der Waals surface area contributed by atoms with E-state index in [4.69, 9.17) is 9.84 Å². The summed E-state index contributed by atoms with van der Waals surface area (Å²) >= 11 is 0. The van der Waals surface area contributed by atoms with Crippen LogP contribution in [0.3, 0.4) is 0 Å². The maximum absolute atomic E-state index is 13.0. The number of fused-ring (bicyclic) bond motifs is 1. The summed E-state index contributed by atoms with van der Waals surface area (Å²) in [4.78, 5) is 37.8. The Morgan fingerprint density at radius 1 is 1.17 bits per heavy atom. The summed E-state index contributed by atoms with van der Waals surface area (Å²) in [6.45, 7) is 0.0895. The molecule has 1 aromatic heterocycles. The van der Waals surface area contributed by atoms with Crippen LogP contribution in [0.1, 0.15) is 12.0 Å². The van der Waals surface area contributed by atoms with E-state index >= 15 is 0 Å². The summed E-state index contributed by atoms with van der Waals surface area (Å²) in [5.41, 5.74) is 2.03. The quantitative estimate of drug-likeness (QED) is 0.290. The average molecular weight is 501 g/mol. The van der Waals surface area contributed by atoms with E-state index in [1.54, 1.807) is 6.20 Å². The number of hydrogen-bond acceptors (Lipinski definition) is 7. The molecule has 184 valence electrons. The standard InChI is InChI=1S/C23H24N4O7S/c1-24-23(31)26-16-7-8-21(35(32,33)27-17(14-28)13-22(29)30)20(12-16)34-11-9-15-4-2-6-19-18(15)5-3-10-25-19/h2-8,10,12,14,17,27H,9,11,13H2,1H3,(H,29,30)(H2,24,26,31). The number of amides is 2. The number of hydrogen-bond donors (Lipinski definition) is 4. The van der Waals surface area contributed by atoms with Crippen LogP contribution in [0, 0.1) is 0 Å². The molecule has 0 aliphatic heterocycles. The topological polar surface area (TPSA) is 164 Å². The molecule has 2 aromatic carbocycles. The monoisotopic (exact) mass is 500 g/mol. The molecule has 2 amide bonds. The van der Waals surface area contributed by atoms with Gasteiger partial charge in [0.2, 0.25) is 10.0 Å². The molecule has 1 unspecified atom stereocenters. The van der Waals surface area contributed by atoms with Crippen LogP contribution in [0.5, 0.6) is 5.75 Å². The lowest BCUT2D eigenvalue weighted by Crippen LogP contribution is -2.37. The zero-order chi connectivity index (χ0) is 25.4. The van der Waals surface area contributed by atoms with Crippen molar-refractivity contribution in [2.45, 2.75) is 23.8 Å². The van der Waals surface area contributed by atoms with Gasteiger partial charge in [0.1, 0.15) is 16.9 Å². The number of urea groups is 1. The Balaban J connectivity index is 1.87. The first kappa shape index (κ1) is 25.6. The summed E-state index contributed by atoms with van der Waals surface area (Å²) < 4.78 is 33.8. The third-order valence-electron chi connectivity index (χ3n) is 4.95. The van der Waals surface area contributed by atoms with Crippen LogP contribution >= 0.6 is 0 Å². The fourth-order valence-electron chi connectivity index (χ4n) is 3.34. The number of nitrogens with one attached hydrogen (secondary N) is 3. The molecule has 3 aromatic rings. The van der Waals surface area contributed by atoms with Crippen molar-refractivity contribution in [3.05, 3.63) is 60.3 Å². The van der Waals surface area contributed by atoms with Gasteiger partial charge in [0.25, 0.3) is 0 Å². The number of carboxylic acid groups (broad SMARTS) is 1. The number of pyridine rings is 1. The second-order valence-electron chi connectivity index (χ2n) is 7.41. The normalized spacial score (nSPS) is 12.0. The number of nitrogens with zero attached hydrogens (tertiary/aromatic N) is 1. The molecule has 3 rings (SSSR count). The number of ether oxygens (including phenoxy) is 1. The number of benzene rings is 2. The van der Waals surface area contributed by atoms with Gasteiger partial charge in [-0.15, -0.1) is 0 Å². The van der Waals surface area contributed by atoms with Gasteiger partial charge in [-0.05, 0) is 29.8 Å². The van der Waals surface area contributed by atoms with Gasteiger partial charge in [0.15, 0.2) is 0 Å². The molecule has 0 aliphatic rings. The van der Waals surface area contributed by atoms with Crippen LogP contribution in [0.2, 0.25) is 0 Å². The van der Waals surface area contributed by atoms with Gasteiger partial charge in [0, 0.05) is 36.8 Å². The van der Waals surface area contributed by atoms with Crippen molar-refractivity contribution in [2.24, 2.45) is 0 Å². The number of carboxylic acids is 1. The first-order valence-electron chi connectivity index (χ1n) is 10.5. The Kier molecular flexibility index (Phi) is 8.34. The van der Waals surface area contributed by atoms with E-state index in [-0.39, 0.29) is 29.2 Å². The van der Waals surface area contributed by atoms with Crippen LogP contribution in [-0.2, 0) is 26.0 Å². The van der Waals surface area contributed by atoms with Crippen LogP contribution in [-0.4, -0.2) is 56.5 Å². The lowest BCUT2D eigenvalue weighted by Gasteiger charge is -2.17.